The normalized spacial score (nSPS) is 20.1. The maximum Gasteiger partial charge on any atom is 0.417 e. The first kappa shape index (κ1) is 16.5. The van der Waals surface area contributed by atoms with Crippen molar-refractivity contribution in [3.05, 3.63) is 22.3 Å². The van der Waals surface area contributed by atoms with Crippen LogP contribution >= 0.6 is 28.3 Å². The van der Waals surface area contributed by atoms with Crippen LogP contribution in [0.2, 0.25) is 0 Å². The van der Waals surface area contributed by atoms with E-state index in [0.29, 0.717) is 16.8 Å². The molecule has 0 aromatic carbocycles. The maximum absolute atomic E-state index is 12.5. The zero-order valence-corrected chi connectivity index (χ0v) is 12.4. The van der Waals surface area contributed by atoms with Crippen molar-refractivity contribution in [3.63, 3.8) is 0 Å². The van der Waals surface area contributed by atoms with E-state index < -0.39 is 11.7 Å². The average Bonchev–Trinajstić information content (AvgIpc) is 2.27. The SMILES string of the molecule is Cl.NC1CCCN(c2ncc(C(F)(F)F)cc2Br)C1. The Bertz CT molecular complexity index is 442. The van der Waals surface area contributed by atoms with Gasteiger partial charge >= 0.3 is 6.18 Å². The summed E-state index contributed by atoms with van der Waals surface area (Å²) in [4.78, 5) is 5.82. The molecule has 1 aliphatic rings. The predicted octanol–water partition coefficient (Wildman–Crippen LogP) is 3.21. The molecule has 8 heteroatoms. The van der Waals surface area contributed by atoms with Crippen molar-refractivity contribution in [1.82, 2.24) is 4.98 Å². The first-order chi connectivity index (χ1) is 8.38. The number of anilines is 1. The van der Waals surface area contributed by atoms with E-state index in [1.165, 1.54) is 0 Å². The number of halogens is 5. The minimum Gasteiger partial charge on any atom is -0.354 e. The molecule has 3 nitrogen and oxygen atoms in total. The number of piperidine rings is 1. The number of rotatable bonds is 1. The summed E-state index contributed by atoms with van der Waals surface area (Å²) in [7, 11) is 0. The molecular formula is C11H14BrClF3N3. The quantitative estimate of drug-likeness (QED) is 0.836. The summed E-state index contributed by atoms with van der Waals surface area (Å²) in [5, 5.41) is 0. The first-order valence-corrected chi connectivity index (χ1v) is 6.40. The van der Waals surface area contributed by atoms with Gasteiger partial charge in [-0.15, -0.1) is 12.4 Å². The summed E-state index contributed by atoms with van der Waals surface area (Å²) in [5.41, 5.74) is 5.10. The molecule has 0 spiro atoms. The zero-order valence-electron chi connectivity index (χ0n) is 9.95. The maximum atomic E-state index is 12.5. The summed E-state index contributed by atoms with van der Waals surface area (Å²) in [6, 6.07) is 1.11. The fourth-order valence-electron chi connectivity index (χ4n) is 2.02. The van der Waals surface area contributed by atoms with Gasteiger partial charge in [-0.1, -0.05) is 0 Å². The van der Waals surface area contributed by atoms with Gasteiger partial charge in [-0.2, -0.15) is 13.2 Å². The highest BCUT2D eigenvalue weighted by Crippen LogP contribution is 2.34. The van der Waals surface area contributed by atoms with E-state index >= 15 is 0 Å². The van der Waals surface area contributed by atoms with Gasteiger partial charge in [-0.3, -0.25) is 0 Å². The number of hydrogen-bond acceptors (Lipinski definition) is 3. The molecule has 0 bridgehead atoms. The summed E-state index contributed by atoms with van der Waals surface area (Å²) >= 11 is 3.15. The van der Waals surface area contributed by atoms with Crippen molar-refractivity contribution in [2.24, 2.45) is 5.73 Å². The van der Waals surface area contributed by atoms with E-state index in [0.717, 1.165) is 31.6 Å². The standard InChI is InChI=1S/C11H13BrF3N3.ClH/c12-9-4-7(11(13,14)15)5-17-10(9)18-3-1-2-8(16)6-18;/h4-5,8H,1-3,6,16H2;1H. The van der Waals surface area contributed by atoms with Crippen LogP contribution in [0.1, 0.15) is 18.4 Å². The third-order valence-electron chi connectivity index (χ3n) is 2.91. The highest BCUT2D eigenvalue weighted by Gasteiger charge is 2.32. The Morgan fingerprint density at radius 2 is 2.11 bits per heavy atom. The minimum absolute atomic E-state index is 0. The molecule has 0 radical (unpaired) electrons. The van der Waals surface area contributed by atoms with Crippen LogP contribution in [0.25, 0.3) is 0 Å². The molecule has 1 saturated heterocycles. The lowest BCUT2D eigenvalue weighted by molar-refractivity contribution is -0.137. The molecule has 2 N–H and O–H groups in total. The lowest BCUT2D eigenvalue weighted by Gasteiger charge is -2.32. The molecule has 0 aliphatic carbocycles. The summed E-state index contributed by atoms with van der Waals surface area (Å²) in [6.07, 6.45) is -1.64. The van der Waals surface area contributed by atoms with Crippen LogP contribution in [0, 0.1) is 0 Å². The van der Waals surface area contributed by atoms with Crippen molar-refractivity contribution in [3.8, 4) is 0 Å². The van der Waals surface area contributed by atoms with Gasteiger partial charge < -0.3 is 10.6 Å². The summed E-state index contributed by atoms with van der Waals surface area (Å²) in [5.74, 6) is 0.526. The van der Waals surface area contributed by atoms with E-state index in [-0.39, 0.29) is 18.4 Å². The fraction of sp³-hybridized carbons (Fsp3) is 0.545. The lowest BCUT2D eigenvalue weighted by atomic mass is 10.1. The molecule has 2 heterocycles. The van der Waals surface area contributed by atoms with Crippen LogP contribution in [0.15, 0.2) is 16.7 Å². The van der Waals surface area contributed by atoms with Crippen molar-refractivity contribution < 1.29 is 13.2 Å². The first-order valence-electron chi connectivity index (χ1n) is 5.61. The minimum atomic E-state index is -4.37. The van der Waals surface area contributed by atoms with Crippen LogP contribution in [0.3, 0.4) is 0 Å². The molecule has 0 saturated carbocycles. The largest absolute Gasteiger partial charge is 0.417 e. The number of nitrogens with two attached hydrogens (primary N) is 1. The van der Waals surface area contributed by atoms with Crippen molar-refractivity contribution in [2.45, 2.75) is 25.1 Å². The van der Waals surface area contributed by atoms with Gasteiger partial charge in [0.2, 0.25) is 0 Å². The van der Waals surface area contributed by atoms with Gasteiger partial charge in [-0.25, -0.2) is 4.98 Å². The van der Waals surface area contributed by atoms with E-state index in [2.05, 4.69) is 20.9 Å². The Kier molecular flexibility index (Phi) is 5.46. The Balaban J connectivity index is 0.00000180. The van der Waals surface area contributed by atoms with Crippen molar-refractivity contribution in [2.75, 3.05) is 18.0 Å². The van der Waals surface area contributed by atoms with Crippen molar-refractivity contribution >= 4 is 34.2 Å². The third kappa shape index (κ3) is 3.97. The second-order valence-electron chi connectivity index (χ2n) is 4.38. The highest BCUT2D eigenvalue weighted by molar-refractivity contribution is 9.10. The molecule has 1 aromatic heterocycles. The van der Waals surface area contributed by atoms with Gasteiger partial charge in [0.1, 0.15) is 5.82 Å². The van der Waals surface area contributed by atoms with E-state index in [4.69, 9.17) is 5.73 Å². The second-order valence-corrected chi connectivity index (χ2v) is 5.23. The number of pyridine rings is 1. The van der Waals surface area contributed by atoms with Crippen LogP contribution in [0.5, 0.6) is 0 Å². The second kappa shape index (κ2) is 6.28. The van der Waals surface area contributed by atoms with Gasteiger partial charge in [0.25, 0.3) is 0 Å². The fourth-order valence-corrected chi connectivity index (χ4v) is 2.62. The Morgan fingerprint density at radius 1 is 1.42 bits per heavy atom. The molecule has 1 fully saturated rings. The van der Waals surface area contributed by atoms with Gasteiger partial charge in [0, 0.05) is 25.3 Å². The number of hydrogen-bond donors (Lipinski definition) is 1. The summed E-state index contributed by atoms with van der Waals surface area (Å²) in [6.45, 7) is 1.39. The van der Waals surface area contributed by atoms with Gasteiger partial charge in [0.15, 0.2) is 0 Å². The molecule has 19 heavy (non-hydrogen) atoms. The van der Waals surface area contributed by atoms with Gasteiger partial charge in [0.05, 0.1) is 10.0 Å². The average molecular weight is 361 g/mol. The molecule has 1 aliphatic heterocycles. The number of alkyl halides is 3. The van der Waals surface area contributed by atoms with Crippen LogP contribution in [-0.2, 0) is 6.18 Å². The molecule has 1 aromatic rings. The lowest BCUT2D eigenvalue weighted by Crippen LogP contribution is -2.43. The van der Waals surface area contributed by atoms with E-state index in [1.54, 1.807) is 0 Å². The molecule has 1 atom stereocenters. The Labute approximate surface area is 123 Å². The topological polar surface area (TPSA) is 42.1 Å². The molecule has 1 unspecified atom stereocenters. The Hall–Kier alpha value is -0.530. The third-order valence-corrected chi connectivity index (χ3v) is 3.49. The Morgan fingerprint density at radius 3 is 2.63 bits per heavy atom. The van der Waals surface area contributed by atoms with Crippen LogP contribution in [-0.4, -0.2) is 24.1 Å². The van der Waals surface area contributed by atoms with Crippen molar-refractivity contribution in [1.29, 1.82) is 0 Å². The summed E-state index contributed by atoms with van der Waals surface area (Å²) < 4.78 is 37.9. The molecule has 2 rings (SSSR count). The van der Waals surface area contributed by atoms with E-state index in [9.17, 15) is 13.2 Å². The number of aromatic nitrogens is 1. The monoisotopic (exact) mass is 359 g/mol. The molecular weight excluding hydrogens is 346 g/mol. The molecule has 108 valence electrons. The zero-order chi connectivity index (χ0) is 13.3. The predicted molar refractivity (Wildman–Crippen MR) is 73.6 cm³/mol. The smallest absolute Gasteiger partial charge is 0.354 e. The number of nitrogens with zero attached hydrogens (tertiary/aromatic N) is 2. The van der Waals surface area contributed by atoms with Crippen LogP contribution in [0.4, 0.5) is 19.0 Å². The van der Waals surface area contributed by atoms with E-state index in [1.807, 2.05) is 4.90 Å². The highest BCUT2D eigenvalue weighted by atomic mass is 79.9. The van der Waals surface area contributed by atoms with Crippen LogP contribution < -0.4 is 10.6 Å². The molecule has 0 amide bonds. The van der Waals surface area contributed by atoms with Gasteiger partial charge in [-0.05, 0) is 34.8 Å².